The van der Waals surface area contributed by atoms with Crippen LogP contribution in [0.5, 0.6) is 0 Å². The molecular weight excluding hydrogens is 284 g/mol. The molecule has 1 unspecified atom stereocenters. The lowest BCUT2D eigenvalue weighted by atomic mass is 10.1. The Morgan fingerprint density at radius 2 is 1.76 bits per heavy atom. The van der Waals surface area contributed by atoms with E-state index in [0.717, 1.165) is 32.6 Å². The smallest absolute Gasteiger partial charge is 0.223 e. The van der Waals surface area contributed by atoms with Gasteiger partial charge in [-0.2, -0.15) is 0 Å². The van der Waals surface area contributed by atoms with Crippen LogP contribution in [0, 0.1) is 0 Å². The number of carbonyl (C=O) groups excluding carboxylic acids is 1. The second-order valence-electron chi connectivity index (χ2n) is 5.42. The molecule has 1 aliphatic rings. The first kappa shape index (κ1) is 16.0. The van der Waals surface area contributed by atoms with Gasteiger partial charge < -0.3 is 9.80 Å². The lowest BCUT2D eigenvalue weighted by Crippen LogP contribution is -2.49. The maximum Gasteiger partial charge on any atom is 0.223 e. The summed E-state index contributed by atoms with van der Waals surface area (Å²) in [6.07, 6.45) is 3.10. The summed E-state index contributed by atoms with van der Waals surface area (Å²) >= 11 is 0. The van der Waals surface area contributed by atoms with Crippen LogP contribution in [0.25, 0.3) is 0 Å². The van der Waals surface area contributed by atoms with Gasteiger partial charge in [-0.05, 0) is 24.1 Å². The van der Waals surface area contributed by atoms with Gasteiger partial charge in [0.15, 0.2) is 0 Å². The van der Waals surface area contributed by atoms with Crippen LogP contribution in [0.1, 0.15) is 18.9 Å². The van der Waals surface area contributed by atoms with Crippen LogP contribution in [0.15, 0.2) is 24.3 Å². The van der Waals surface area contributed by atoms with Gasteiger partial charge >= 0.3 is 0 Å². The van der Waals surface area contributed by atoms with E-state index in [4.69, 9.17) is 0 Å². The van der Waals surface area contributed by atoms with Crippen LogP contribution in [0.2, 0.25) is 0 Å². The topological polar surface area (TPSA) is 40.6 Å². The molecule has 0 spiro atoms. The molecule has 1 aromatic carbocycles. The standard InChI is InChI=1S/C16H24N2O2S/c1-3-14-4-6-15(7-5-14)17-9-11-18(12-10-17)16(19)8-13-21(2)20/h4-7H,3,8-13H2,1-2H3. The second-order valence-corrected chi connectivity index (χ2v) is 6.97. The number of carbonyl (C=O) groups is 1. The van der Waals surface area contributed by atoms with E-state index in [1.54, 1.807) is 6.26 Å². The number of hydrogen-bond donors (Lipinski definition) is 0. The molecule has 0 aromatic heterocycles. The van der Waals surface area contributed by atoms with Crippen molar-refractivity contribution in [2.75, 3.05) is 43.1 Å². The van der Waals surface area contributed by atoms with Crippen molar-refractivity contribution in [1.82, 2.24) is 4.90 Å². The summed E-state index contributed by atoms with van der Waals surface area (Å²) in [5.41, 5.74) is 2.58. The molecule has 1 saturated heterocycles. The van der Waals surface area contributed by atoms with Crippen LogP contribution < -0.4 is 4.90 Å². The average molecular weight is 308 g/mol. The fraction of sp³-hybridized carbons (Fsp3) is 0.562. The number of nitrogens with zero attached hydrogens (tertiary/aromatic N) is 2. The molecule has 21 heavy (non-hydrogen) atoms. The number of anilines is 1. The van der Waals surface area contributed by atoms with E-state index in [1.165, 1.54) is 11.3 Å². The maximum atomic E-state index is 12.0. The predicted octanol–water partition coefficient (Wildman–Crippen LogP) is 1.67. The van der Waals surface area contributed by atoms with Crippen molar-refractivity contribution >= 4 is 22.4 Å². The van der Waals surface area contributed by atoms with Gasteiger partial charge in [-0.25, -0.2) is 0 Å². The quantitative estimate of drug-likeness (QED) is 0.831. The highest BCUT2D eigenvalue weighted by molar-refractivity contribution is 7.84. The van der Waals surface area contributed by atoms with Gasteiger partial charge in [0.05, 0.1) is 0 Å². The summed E-state index contributed by atoms with van der Waals surface area (Å²) in [5.74, 6) is 0.600. The minimum absolute atomic E-state index is 0.131. The third-order valence-corrected chi connectivity index (χ3v) is 4.72. The molecule has 0 saturated carbocycles. The molecule has 1 heterocycles. The normalized spacial score (nSPS) is 16.9. The second kappa shape index (κ2) is 7.59. The van der Waals surface area contributed by atoms with Crippen LogP contribution in [-0.2, 0) is 22.0 Å². The lowest BCUT2D eigenvalue weighted by molar-refractivity contribution is -0.131. The third kappa shape index (κ3) is 4.56. The monoisotopic (exact) mass is 308 g/mol. The van der Waals surface area contributed by atoms with Crippen LogP contribution in [0.4, 0.5) is 5.69 Å². The van der Waals surface area contributed by atoms with Gasteiger partial charge in [0.2, 0.25) is 5.91 Å². The van der Waals surface area contributed by atoms with Gasteiger partial charge in [0.25, 0.3) is 0 Å². The SMILES string of the molecule is CCc1ccc(N2CCN(C(=O)CCS(C)=O)CC2)cc1. The Morgan fingerprint density at radius 1 is 1.14 bits per heavy atom. The van der Waals surface area contributed by atoms with E-state index in [1.807, 2.05) is 4.90 Å². The Morgan fingerprint density at radius 3 is 2.29 bits per heavy atom. The first-order chi connectivity index (χ1) is 10.1. The zero-order valence-electron chi connectivity index (χ0n) is 12.9. The molecule has 0 aliphatic carbocycles. The van der Waals surface area contributed by atoms with Crippen LogP contribution >= 0.6 is 0 Å². The average Bonchev–Trinajstić information content (AvgIpc) is 2.53. The van der Waals surface area contributed by atoms with E-state index in [2.05, 4.69) is 36.1 Å². The summed E-state index contributed by atoms with van der Waals surface area (Å²) in [6, 6.07) is 8.67. The van der Waals surface area contributed by atoms with E-state index < -0.39 is 10.8 Å². The number of aryl methyl sites for hydroxylation is 1. The van der Waals surface area contributed by atoms with Crippen LogP contribution in [-0.4, -0.2) is 53.2 Å². The molecule has 0 radical (unpaired) electrons. The molecule has 5 heteroatoms. The summed E-state index contributed by atoms with van der Waals surface area (Å²) < 4.78 is 11.1. The number of benzene rings is 1. The molecule has 0 N–H and O–H groups in total. The number of piperazine rings is 1. The molecule has 1 aromatic rings. The van der Waals surface area contributed by atoms with Gasteiger partial charge in [-0.3, -0.25) is 9.00 Å². The summed E-state index contributed by atoms with van der Waals surface area (Å²) in [6.45, 7) is 5.40. The van der Waals surface area contributed by atoms with Gasteiger partial charge in [0, 0.05) is 61.1 Å². The Labute approximate surface area is 129 Å². The van der Waals surface area contributed by atoms with E-state index >= 15 is 0 Å². The molecule has 2 rings (SSSR count). The minimum atomic E-state index is -0.888. The summed E-state index contributed by atoms with van der Waals surface area (Å²) in [4.78, 5) is 16.2. The molecule has 1 amide bonds. The molecule has 1 aliphatic heterocycles. The van der Waals surface area contributed by atoms with E-state index in [-0.39, 0.29) is 5.91 Å². The molecule has 116 valence electrons. The highest BCUT2D eigenvalue weighted by atomic mass is 32.2. The predicted molar refractivity (Wildman–Crippen MR) is 88.2 cm³/mol. The van der Waals surface area contributed by atoms with Crippen molar-refractivity contribution in [2.24, 2.45) is 0 Å². The van der Waals surface area contributed by atoms with E-state index in [0.29, 0.717) is 12.2 Å². The summed E-state index contributed by atoms with van der Waals surface area (Å²) in [5, 5.41) is 0. The fourth-order valence-corrected chi connectivity index (χ4v) is 3.01. The lowest BCUT2D eigenvalue weighted by Gasteiger charge is -2.36. The third-order valence-electron chi connectivity index (χ3n) is 3.95. The first-order valence-corrected chi connectivity index (χ1v) is 9.24. The van der Waals surface area contributed by atoms with Crippen molar-refractivity contribution in [3.8, 4) is 0 Å². The number of rotatable bonds is 5. The largest absolute Gasteiger partial charge is 0.368 e. The molecule has 1 fully saturated rings. The van der Waals surface area contributed by atoms with Gasteiger partial charge in [-0.15, -0.1) is 0 Å². The van der Waals surface area contributed by atoms with Crippen molar-refractivity contribution in [3.63, 3.8) is 0 Å². The highest BCUT2D eigenvalue weighted by Gasteiger charge is 2.21. The van der Waals surface area contributed by atoms with Crippen LogP contribution in [0.3, 0.4) is 0 Å². The Kier molecular flexibility index (Phi) is 5.79. The van der Waals surface area contributed by atoms with Crippen molar-refractivity contribution < 1.29 is 9.00 Å². The maximum absolute atomic E-state index is 12.0. The van der Waals surface area contributed by atoms with Crippen molar-refractivity contribution in [1.29, 1.82) is 0 Å². The molecule has 1 atom stereocenters. The Bertz CT molecular complexity index is 494. The molecular formula is C16H24N2O2S. The molecule has 0 bridgehead atoms. The van der Waals surface area contributed by atoms with Crippen molar-refractivity contribution in [3.05, 3.63) is 29.8 Å². The van der Waals surface area contributed by atoms with Gasteiger partial charge in [0.1, 0.15) is 0 Å². The Balaban J connectivity index is 1.84. The van der Waals surface area contributed by atoms with Crippen molar-refractivity contribution in [2.45, 2.75) is 19.8 Å². The summed E-state index contributed by atoms with van der Waals surface area (Å²) in [7, 11) is -0.888. The minimum Gasteiger partial charge on any atom is -0.368 e. The number of amides is 1. The zero-order valence-corrected chi connectivity index (χ0v) is 13.7. The first-order valence-electron chi connectivity index (χ1n) is 7.52. The fourth-order valence-electron chi connectivity index (χ4n) is 2.55. The van der Waals surface area contributed by atoms with Gasteiger partial charge in [-0.1, -0.05) is 19.1 Å². The number of hydrogen-bond acceptors (Lipinski definition) is 3. The van der Waals surface area contributed by atoms with E-state index in [9.17, 15) is 9.00 Å². The highest BCUT2D eigenvalue weighted by Crippen LogP contribution is 2.18. The molecule has 4 nitrogen and oxygen atoms in total. The zero-order chi connectivity index (χ0) is 15.2. The Hall–Kier alpha value is -1.36.